The first-order valence-electron chi connectivity index (χ1n) is 9.56. The second-order valence-corrected chi connectivity index (χ2v) is 7.10. The van der Waals surface area contributed by atoms with Crippen molar-refractivity contribution in [2.75, 3.05) is 30.0 Å². The molecule has 0 atom stereocenters. The van der Waals surface area contributed by atoms with Crippen LogP contribution in [0.2, 0.25) is 0 Å². The number of rotatable bonds is 6. The normalized spacial score (nSPS) is 11.3. The summed E-state index contributed by atoms with van der Waals surface area (Å²) in [6, 6.07) is 10.4. The maximum Gasteiger partial charge on any atom is 0.248 e. The Morgan fingerprint density at radius 1 is 0.909 bits per heavy atom. The van der Waals surface area contributed by atoms with Crippen molar-refractivity contribution >= 4 is 40.4 Å². The first kappa shape index (κ1) is 23.5. The van der Waals surface area contributed by atoms with Crippen LogP contribution in [0.5, 0.6) is 0 Å². The van der Waals surface area contributed by atoms with E-state index in [1.54, 1.807) is 38.4 Å². The smallest absolute Gasteiger partial charge is 0.248 e. The Hall–Kier alpha value is -4.21. The van der Waals surface area contributed by atoms with E-state index in [1.807, 2.05) is 0 Å². The summed E-state index contributed by atoms with van der Waals surface area (Å²) < 4.78 is 57.0. The van der Waals surface area contributed by atoms with Gasteiger partial charge in [0.15, 0.2) is 34.6 Å². The number of hydrogen-bond acceptors (Lipinski definition) is 5. The molecule has 0 radical (unpaired) electrons. The molecule has 0 saturated carbocycles. The van der Waals surface area contributed by atoms with Gasteiger partial charge in [-0.25, -0.2) is 17.6 Å². The summed E-state index contributed by atoms with van der Waals surface area (Å²) in [5, 5.41) is 9.21. The molecule has 6 nitrogen and oxygen atoms in total. The van der Waals surface area contributed by atoms with E-state index in [2.05, 4.69) is 15.5 Å². The van der Waals surface area contributed by atoms with Crippen molar-refractivity contribution in [3.05, 3.63) is 83.4 Å². The molecule has 0 aliphatic heterocycles. The molecule has 3 aromatic carbocycles. The quantitative estimate of drug-likeness (QED) is 0.207. The standard InChI is InChI=1S/C23H19F4N5O/c1-32(2)14-11-17(26)23(18(27)12-14)31-30-22-15(24)9-13(10-16(22)25)7-8-21(33)29-20-6-4-3-5-19(20)28/h3-12H,28H2,1-2H3,(H,29,33)/b8-7+,31-30?. The van der Waals surface area contributed by atoms with Crippen molar-refractivity contribution in [3.8, 4) is 0 Å². The lowest BCUT2D eigenvalue weighted by molar-refractivity contribution is -0.111. The summed E-state index contributed by atoms with van der Waals surface area (Å²) in [5.41, 5.74) is 5.14. The van der Waals surface area contributed by atoms with Crippen LogP contribution in [0.3, 0.4) is 0 Å². The lowest BCUT2D eigenvalue weighted by Crippen LogP contribution is -2.09. The lowest BCUT2D eigenvalue weighted by Gasteiger charge is -2.13. The zero-order chi connectivity index (χ0) is 24.1. The zero-order valence-corrected chi connectivity index (χ0v) is 17.6. The minimum absolute atomic E-state index is 0.0211. The summed E-state index contributed by atoms with van der Waals surface area (Å²) in [5.74, 6) is -4.89. The molecule has 10 heteroatoms. The van der Waals surface area contributed by atoms with Crippen LogP contribution in [0.1, 0.15) is 5.56 Å². The highest BCUT2D eigenvalue weighted by Gasteiger charge is 2.14. The van der Waals surface area contributed by atoms with Gasteiger partial charge in [0.25, 0.3) is 0 Å². The minimum atomic E-state index is -1.13. The van der Waals surface area contributed by atoms with E-state index >= 15 is 0 Å². The highest BCUT2D eigenvalue weighted by molar-refractivity contribution is 6.03. The highest BCUT2D eigenvalue weighted by atomic mass is 19.1. The Balaban J connectivity index is 1.79. The number of hydrogen-bond donors (Lipinski definition) is 2. The SMILES string of the molecule is CN(C)c1cc(F)c(N=Nc2c(F)cc(/C=C/C(=O)Nc3ccccc3N)cc2F)c(F)c1. The largest absolute Gasteiger partial charge is 0.397 e. The fraction of sp³-hybridized carbons (Fsp3) is 0.0870. The molecule has 0 fully saturated rings. The molecule has 0 aliphatic carbocycles. The first-order valence-corrected chi connectivity index (χ1v) is 9.56. The molecule has 170 valence electrons. The van der Waals surface area contributed by atoms with Crippen molar-refractivity contribution in [1.29, 1.82) is 0 Å². The maximum atomic E-state index is 14.4. The summed E-state index contributed by atoms with van der Waals surface area (Å²) >= 11 is 0. The molecule has 0 bridgehead atoms. The molecule has 0 spiro atoms. The van der Waals surface area contributed by atoms with Crippen molar-refractivity contribution < 1.29 is 22.4 Å². The molecule has 0 aromatic heterocycles. The number of halogens is 4. The Bertz CT molecular complexity index is 1210. The van der Waals surface area contributed by atoms with E-state index < -0.39 is 40.6 Å². The van der Waals surface area contributed by atoms with E-state index in [1.165, 1.54) is 11.0 Å². The number of azo groups is 1. The van der Waals surface area contributed by atoms with Gasteiger partial charge in [0, 0.05) is 25.9 Å². The van der Waals surface area contributed by atoms with Gasteiger partial charge in [-0.05, 0) is 48.0 Å². The number of anilines is 3. The fourth-order valence-electron chi connectivity index (χ4n) is 2.74. The molecule has 0 unspecified atom stereocenters. The van der Waals surface area contributed by atoms with Crippen molar-refractivity contribution in [1.82, 2.24) is 0 Å². The molecule has 3 aromatic rings. The van der Waals surface area contributed by atoms with Crippen molar-refractivity contribution in [2.24, 2.45) is 10.2 Å². The summed E-state index contributed by atoms with van der Waals surface area (Å²) in [4.78, 5) is 13.5. The van der Waals surface area contributed by atoms with Gasteiger partial charge in [-0.2, -0.15) is 0 Å². The number of nitrogens with one attached hydrogen (secondary N) is 1. The number of benzene rings is 3. The topological polar surface area (TPSA) is 83.1 Å². The molecule has 1 amide bonds. The molecular weight excluding hydrogens is 438 g/mol. The number of amides is 1. The first-order chi connectivity index (χ1) is 15.7. The van der Waals surface area contributed by atoms with Crippen LogP contribution >= 0.6 is 0 Å². The Labute approximate surface area is 187 Å². The molecule has 33 heavy (non-hydrogen) atoms. The van der Waals surface area contributed by atoms with Gasteiger partial charge in [-0.1, -0.05) is 12.1 Å². The van der Waals surface area contributed by atoms with E-state index in [0.717, 1.165) is 30.3 Å². The highest BCUT2D eigenvalue weighted by Crippen LogP contribution is 2.31. The minimum Gasteiger partial charge on any atom is -0.397 e. The molecule has 3 N–H and O–H groups in total. The number of carbonyl (C=O) groups is 1. The van der Waals surface area contributed by atoms with Crippen LogP contribution in [-0.4, -0.2) is 20.0 Å². The fourth-order valence-corrected chi connectivity index (χ4v) is 2.74. The number of para-hydroxylation sites is 2. The monoisotopic (exact) mass is 457 g/mol. The maximum absolute atomic E-state index is 14.4. The molecule has 0 saturated heterocycles. The number of carbonyl (C=O) groups excluding carboxylic acids is 1. The van der Waals surface area contributed by atoms with Gasteiger partial charge >= 0.3 is 0 Å². The predicted octanol–water partition coefficient (Wildman–Crippen LogP) is 5.96. The zero-order valence-electron chi connectivity index (χ0n) is 17.6. The summed E-state index contributed by atoms with van der Waals surface area (Å²) in [6.45, 7) is 0. The third-order valence-corrected chi connectivity index (χ3v) is 4.45. The molecule has 0 aliphatic rings. The number of nitrogens with zero attached hydrogens (tertiary/aromatic N) is 3. The summed E-state index contributed by atoms with van der Waals surface area (Å²) in [7, 11) is 3.19. The van der Waals surface area contributed by atoms with Gasteiger partial charge in [0.2, 0.25) is 5.91 Å². The average molecular weight is 457 g/mol. The average Bonchev–Trinajstić information content (AvgIpc) is 2.74. The van der Waals surface area contributed by atoms with Gasteiger partial charge in [0.1, 0.15) is 0 Å². The Morgan fingerprint density at radius 3 is 1.94 bits per heavy atom. The van der Waals surface area contributed by atoms with Crippen LogP contribution < -0.4 is 16.0 Å². The van der Waals surface area contributed by atoms with Crippen LogP contribution in [0.4, 0.5) is 46.0 Å². The predicted molar refractivity (Wildman–Crippen MR) is 120 cm³/mol. The van der Waals surface area contributed by atoms with Gasteiger partial charge in [-0.3, -0.25) is 4.79 Å². The van der Waals surface area contributed by atoms with E-state index in [4.69, 9.17) is 5.73 Å². The van der Waals surface area contributed by atoms with Gasteiger partial charge in [-0.15, -0.1) is 10.2 Å². The van der Waals surface area contributed by atoms with Crippen molar-refractivity contribution in [2.45, 2.75) is 0 Å². The second-order valence-electron chi connectivity index (χ2n) is 7.10. The van der Waals surface area contributed by atoms with Crippen LogP contribution in [-0.2, 0) is 4.79 Å². The van der Waals surface area contributed by atoms with Crippen LogP contribution in [0.15, 0.2) is 64.8 Å². The van der Waals surface area contributed by atoms with E-state index in [0.29, 0.717) is 11.4 Å². The number of nitrogen functional groups attached to an aromatic ring is 1. The number of nitrogens with two attached hydrogens (primary N) is 1. The third kappa shape index (κ3) is 5.73. The van der Waals surface area contributed by atoms with Crippen LogP contribution in [0, 0.1) is 23.3 Å². The van der Waals surface area contributed by atoms with Crippen molar-refractivity contribution in [3.63, 3.8) is 0 Å². The van der Waals surface area contributed by atoms with E-state index in [9.17, 15) is 22.4 Å². The molecule has 0 heterocycles. The summed E-state index contributed by atoms with van der Waals surface area (Å²) in [6.07, 6.45) is 2.25. The van der Waals surface area contributed by atoms with Gasteiger partial charge < -0.3 is 16.0 Å². The Morgan fingerprint density at radius 2 is 1.42 bits per heavy atom. The van der Waals surface area contributed by atoms with E-state index in [-0.39, 0.29) is 11.3 Å². The molecule has 3 rings (SSSR count). The lowest BCUT2D eigenvalue weighted by atomic mass is 10.1. The Kier molecular flexibility index (Phi) is 7.07. The van der Waals surface area contributed by atoms with Gasteiger partial charge in [0.05, 0.1) is 11.4 Å². The second kappa shape index (κ2) is 9.94. The third-order valence-electron chi connectivity index (χ3n) is 4.45. The molecular formula is C23H19F4N5O. The van der Waals surface area contributed by atoms with Crippen LogP contribution in [0.25, 0.3) is 6.08 Å².